The number of hydrogen-bond acceptors (Lipinski definition) is 3. The van der Waals surface area contributed by atoms with Crippen LogP contribution in [0.3, 0.4) is 0 Å². The van der Waals surface area contributed by atoms with Gasteiger partial charge in [-0.15, -0.1) is 0 Å². The summed E-state index contributed by atoms with van der Waals surface area (Å²) in [6, 6.07) is 2.86. The average molecular weight is 276 g/mol. The molecule has 0 atom stereocenters. The first-order valence-corrected chi connectivity index (χ1v) is 8.14. The van der Waals surface area contributed by atoms with Crippen LogP contribution >= 0.6 is 0 Å². The molecule has 1 aliphatic carbocycles. The molecule has 1 aromatic rings. The number of piperazine rings is 1. The van der Waals surface area contributed by atoms with Crippen LogP contribution in [0.5, 0.6) is 0 Å². The normalized spacial score (nSPS) is 24.9. The summed E-state index contributed by atoms with van der Waals surface area (Å²) in [7, 11) is 0. The lowest BCUT2D eigenvalue weighted by molar-refractivity contribution is 0.146. The third kappa shape index (κ3) is 3.41. The number of aromatic nitrogens is 2. The third-order valence-electron chi connectivity index (χ3n) is 4.65. The molecule has 4 heteroatoms. The van der Waals surface area contributed by atoms with Crippen molar-refractivity contribution in [3.63, 3.8) is 0 Å². The molecule has 0 spiro atoms. The highest BCUT2D eigenvalue weighted by atomic mass is 15.3. The Hall–Kier alpha value is -0.870. The quantitative estimate of drug-likeness (QED) is 0.921. The summed E-state index contributed by atoms with van der Waals surface area (Å²) in [5.41, 5.74) is 1.46. The summed E-state index contributed by atoms with van der Waals surface area (Å²) in [6.45, 7) is 8.85. The maximum atomic E-state index is 4.83. The maximum absolute atomic E-state index is 4.83. The fraction of sp³-hybridized carbons (Fsp3) is 0.812. The van der Waals surface area contributed by atoms with Crippen LogP contribution in [0.2, 0.25) is 0 Å². The summed E-state index contributed by atoms with van der Waals surface area (Å²) in [4.78, 5) is 2.52. The fourth-order valence-corrected chi connectivity index (χ4v) is 3.62. The van der Waals surface area contributed by atoms with Gasteiger partial charge in [-0.25, -0.2) is 0 Å². The Morgan fingerprint density at radius 2 is 2.10 bits per heavy atom. The van der Waals surface area contributed by atoms with E-state index in [2.05, 4.69) is 41.0 Å². The highest BCUT2D eigenvalue weighted by molar-refractivity contribution is 5.01. The van der Waals surface area contributed by atoms with E-state index in [1.54, 1.807) is 0 Å². The van der Waals surface area contributed by atoms with Crippen molar-refractivity contribution in [3.8, 4) is 0 Å². The van der Waals surface area contributed by atoms with Crippen LogP contribution in [0.15, 0.2) is 12.3 Å². The van der Waals surface area contributed by atoms with Crippen LogP contribution in [-0.4, -0.2) is 39.9 Å². The lowest BCUT2D eigenvalue weighted by atomic mass is 9.96. The molecule has 1 aromatic heterocycles. The van der Waals surface area contributed by atoms with Gasteiger partial charge in [-0.1, -0.05) is 19.3 Å². The Labute approximate surface area is 122 Å². The van der Waals surface area contributed by atoms with Gasteiger partial charge in [0, 0.05) is 37.9 Å². The standard InChI is InChI=1S/C16H28N4/c1-16(2)13-19(11-9-17-16)12-14-8-10-20(18-14)15-6-4-3-5-7-15/h8,10,15,17H,3-7,9,11-13H2,1-2H3. The fourth-order valence-electron chi connectivity index (χ4n) is 3.62. The number of rotatable bonds is 3. The molecule has 2 aliphatic rings. The Kier molecular flexibility index (Phi) is 4.13. The van der Waals surface area contributed by atoms with E-state index in [0.29, 0.717) is 6.04 Å². The summed E-state index contributed by atoms with van der Waals surface area (Å²) >= 11 is 0. The number of nitrogens with one attached hydrogen (secondary N) is 1. The maximum Gasteiger partial charge on any atom is 0.0764 e. The molecule has 0 unspecified atom stereocenters. The van der Waals surface area contributed by atoms with Crippen molar-refractivity contribution >= 4 is 0 Å². The van der Waals surface area contributed by atoms with Crippen molar-refractivity contribution < 1.29 is 0 Å². The summed E-state index contributed by atoms with van der Waals surface area (Å²) < 4.78 is 2.22. The van der Waals surface area contributed by atoms with Gasteiger partial charge < -0.3 is 5.32 Å². The molecule has 2 heterocycles. The molecule has 1 saturated heterocycles. The molecule has 2 fully saturated rings. The average Bonchev–Trinajstić information content (AvgIpc) is 2.87. The number of hydrogen-bond donors (Lipinski definition) is 1. The second-order valence-corrected chi connectivity index (χ2v) is 7.10. The minimum absolute atomic E-state index is 0.226. The van der Waals surface area contributed by atoms with Gasteiger partial charge in [-0.2, -0.15) is 5.10 Å². The van der Waals surface area contributed by atoms with Crippen LogP contribution in [0.25, 0.3) is 0 Å². The van der Waals surface area contributed by atoms with Gasteiger partial charge in [0.05, 0.1) is 11.7 Å². The molecular weight excluding hydrogens is 248 g/mol. The first-order chi connectivity index (χ1) is 9.62. The highest BCUT2D eigenvalue weighted by Crippen LogP contribution is 2.27. The lowest BCUT2D eigenvalue weighted by Crippen LogP contribution is -2.56. The minimum atomic E-state index is 0.226. The van der Waals surface area contributed by atoms with E-state index in [1.165, 1.54) is 37.8 Å². The molecule has 0 aromatic carbocycles. The van der Waals surface area contributed by atoms with E-state index in [4.69, 9.17) is 5.10 Å². The molecule has 0 bridgehead atoms. The summed E-state index contributed by atoms with van der Waals surface area (Å²) in [6.07, 6.45) is 8.94. The zero-order chi connectivity index (χ0) is 14.0. The molecule has 1 N–H and O–H groups in total. The van der Waals surface area contributed by atoms with Crippen molar-refractivity contribution in [2.75, 3.05) is 19.6 Å². The van der Waals surface area contributed by atoms with E-state index >= 15 is 0 Å². The van der Waals surface area contributed by atoms with Crippen molar-refractivity contribution in [2.45, 2.75) is 64.1 Å². The van der Waals surface area contributed by atoms with Gasteiger partial charge in [-0.3, -0.25) is 9.58 Å². The first kappa shape index (κ1) is 14.1. The SMILES string of the molecule is CC1(C)CN(Cc2ccn(C3CCCCC3)n2)CCN1. The van der Waals surface area contributed by atoms with Gasteiger partial charge >= 0.3 is 0 Å². The predicted octanol–water partition coefficient (Wildman–Crippen LogP) is 2.57. The van der Waals surface area contributed by atoms with Crippen LogP contribution in [-0.2, 0) is 6.54 Å². The first-order valence-electron chi connectivity index (χ1n) is 8.14. The largest absolute Gasteiger partial charge is 0.309 e. The van der Waals surface area contributed by atoms with E-state index in [9.17, 15) is 0 Å². The molecule has 1 aliphatic heterocycles. The molecule has 3 rings (SSSR count). The molecule has 0 amide bonds. The highest BCUT2D eigenvalue weighted by Gasteiger charge is 2.26. The predicted molar refractivity (Wildman–Crippen MR) is 81.7 cm³/mol. The zero-order valence-corrected chi connectivity index (χ0v) is 12.9. The summed E-state index contributed by atoms with van der Waals surface area (Å²) in [5.74, 6) is 0. The molecular formula is C16H28N4. The second-order valence-electron chi connectivity index (χ2n) is 7.10. The molecule has 4 nitrogen and oxygen atoms in total. The van der Waals surface area contributed by atoms with Crippen molar-refractivity contribution in [1.82, 2.24) is 20.0 Å². The Morgan fingerprint density at radius 3 is 2.85 bits per heavy atom. The zero-order valence-electron chi connectivity index (χ0n) is 12.9. The molecule has 1 saturated carbocycles. The van der Waals surface area contributed by atoms with Crippen LogP contribution in [0.1, 0.15) is 57.7 Å². The van der Waals surface area contributed by atoms with E-state index in [-0.39, 0.29) is 5.54 Å². The van der Waals surface area contributed by atoms with Crippen molar-refractivity contribution in [3.05, 3.63) is 18.0 Å². The Morgan fingerprint density at radius 1 is 1.30 bits per heavy atom. The van der Waals surface area contributed by atoms with E-state index in [0.717, 1.165) is 26.2 Å². The van der Waals surface area contributed by atoms with Gasteiger partial charge in [0.25, 0.3) is 0 Å². The third-order valence-corrected chi connectivity index (χ3v) is 4.65. The topological polar surface area (TPSA) is 33.1 Å². The van der Waals surface area contributed by atoms with Crippen molar-refractivity contribution in [1.29, 1.82) is 0 Å². The molecule has 20 heavy (non-hydrogen) atoms. The van der Waals surface area contributed by atoms with E-state index in [1.807, 2.05) is 0 Å². The second kappa shape index (κ2) is 5.86. The van der Waals surface area contributed by atoms with Gasteiger partial charge in [0.2, 0.25) is 0 Å². The van der Waals surface area contributed by atoms with Gasteiger partial charge in [-0.05, 0) is 32.8 Å². The van der Waals surface area contributed by atoms with E-state index < -0.39 is 0 Å². The van der Waals surface area contributed by atoms with Crippen LogP contribution in [0.4, 0.5) is 0 Å². The van der Waals surface area contributed by atoms with Crippen LogP contribution in [0, 0.1) is 0 Å². The summed E-state index contributed by atoms with van der Waals surface area (Å²) in [5, 5.41) is 8.39. The molecule has 112 valence electrons. The smallest absolute Gasteiger partial charge is 0.0764 e. The monoisotopic (exact) mass is 276 g/mol. The van der Waals surface area contributed by atoms with Gasteiger partial charge in [0.1, 0.15) is 0 Å². The molecule has 0 radical (unpaired) electrons. The van der Waals surface area contributed by atoms with Crippen LogP contribution < -0.4 is 5.32 Å². The van der Waals surface area contributed by atoms with Crippen molar-refractivity contribution in [2.24, 2.45) is 0 Å². The lowest BCUT2D eigenvalue weighted by Gasteiger charge is -2.38. The van der Waals surface area contributed by atoms with Gasteiger partial charge in [0.15, 0.2) is 0 Å². The number of nitrogens with zero attached hydrogens (tertiary/aromatic N) is 3. The Bertz CT molecular complexity index is 431. The minimum Gasteiger partial charge on any atom is -0.309 e. The Balaban J connectivity index is 1.59.